The van der Waals surface area contributed by atoms with Gasteiger partial charge >= 0.3 is 0 Å². The van der Waals surface area contributed by atoms with Gasteiger partial charge in [-0.3, -0.25) is 4.90 Å². The van der Waals surface area contributed by atoms with Gasteiger partial charge in [0, 0.05) is 37.4 Å². The fraction of sp³-hybridized carbons (Fsp3) is 0.385. The van der Waals surface area contributed by atoms with Gasteiger partial charge in [-0.25, -0.2) is 0 Å². The summed E-state index contributed by atoms with van der Waals surface area (Å²) >= 11 is 0. The van der Waals surface area contributed by atoms with Crippen molar-refractivity contribution < 1.29 is 5.11 Å². The van der Waals surface area contributed by atoms with E-state index in [1.54, 1.807) is 0 Å². The van der Waals surface area contributed by atoms with E-state index in [1.807, 2.05) is 0 Å². The molecule has 0 spiro atoms. The van der Waals surface area contributed by atoms with Gasteiger partial charge in [0.25, 0.3) is 0 Å². The number of aliphatic hydroxyl groups is 1. The van der Waals surface area contributed by atoms with Crippen LogP contribution in [0.4, 0.5) is 0 Å². The van der Waals surface area contributed by atoms with Crippen molar-refractivity contribution in [1.82, 2.24) is 9.47 Å². The van der Waals surface area contributed by atoms with Crippen LogP contribution in [0.2, 0.25) is 0 Å². The minimum absolute atomic E-state index is 0.250. The second kappa shape index (κ2) is 3.92. The van der Waals surface area contributed by atoms with Gasteiger partial charge in [-0.15, -0.1) is 0 Å². The summed E-state index contributed by atoms with van der Waals surface area (Å²) in [6.45, 7) is 4.05. The highest BCUT2D eigenvalue weighted by molar-refractivity contribution is 5.81. The molecule has 1 N–H and O–H groups in total. The maximum absolute atomic E-state index is 8.96. The molecule has 0 saturated heterocycles. The van der Waals surface area contributed by atoms with Crippen LogP contribution in [0.5, 0.6) is 0 Å². The van der Waals surface area contributed by atoms with Gasteiger partial charge in [0.05, 0.1) is 6.61 Å². The standard InChI is InChI=1S/C13H16N2O/c16-8-7-14-5-6-15-12(10-14)9-11-3-1-2-4-13(11)15/h1-4,9,16H,5-8,10H2. The molecule has 0 saturated carbocycles. The molecule has 0 radical (unpaired) electrons. The molecule has 0 unspecified atom stereocenters. The maximum atomic E-state index is 8.96. The molecule has 1 aliphatic heterocycles. The molecule has 0 bridgehead atoms. The predicted octanol–water partition coefficient (Wildman–Crippen LogP) is 1.45. The zero-order valence-corrected chi connectivity index (χ0v) is 9.26. The van der Waals surface area contributed by atoms with Crippen LogP contribution in [0.25, 0.3) is 10.9 Å². The van der Waals surface area contributed by atoms with E-state index in [2.05, 4.69) is 39.8 Å². The first kappa shape index (κ1) is 9.87. The van der Waals surface area contributed by atoms with Crippen molar-refractivity contribution in [2.75, 3.05) is 19.7 Å². The monoisotopic (exact) mass is 216 g/mol. The number of para-hydroxylation sites is 1. The smallest absolute Gasteiger partial charge is 0.0558 e. The highest BCUT2D eigenvalue weighted by Gasteiger charge is 2.17. The van der Waals surface area contributed by atoms with Crippen molar-refractivity contribution in [1.29, 1.82) is 0 Å². The average Bonchev–Trinajstić information content (AvgIpc) is 2.67. The number of fused-ring (bicyclic) bond motifs is 3. The van der Waals surface area contributed by atoms with Crippen molar-refractivity contribution in [2.45, 2.75) is 13.1 Å². The van der Waals surface area contributed by atoms with E-state index >= 15 is 0 Å². The lowest BCUT2D eigenvalue weighted by Crippen LogP contribution is -2.35. The van der Waals surface area contributed by atoms with Crippen LogP contribution in [0.3, 0.4) is 0 Å². The highest BCUT2D eigenvalue weighted by atomic mass is 16.3. The van der Waals surface area contributed by atoms with Crippen LogP contribution in [-0.2, 0) is 13.1 Å². The molecule has 0 atom stereocenters. The quantitative estimate of drug-likeness (QED) is 0.823. The van der Waals surface area contributed by atoms with Gasteiger partial charge in [-0.05, 0) is 17.5 Å². The molecule has 1 aromatic heterocycles. The summed E-state index contributed by atoms with van der Waals surface area (Å²) in [4.78, 5) is 2.30. The molecule has 3 heteroatoms. The second-order valence-electron chi connectivity index (χ2n) is 4.35. The zero-order valence-electron chi connectivity index (χ0n) is 9.26. The highest BCUT2D eigenvalue weighted by Crippen LogP contribution is 2.23. The Hall–Kier alpha value is -1.32. The number of aliphatic hydroxyl groups excluding tert-OH is 1. The molecule has 0 fully saturated rings. The van der Waals surface area contributed by atoms with Crippen LogP contribution in [0.1, 0.15) is 5.69 Å². The SMILES string of the molecule is OCCN1CCn2c(cc3ccccc32)C1. The summed E-state index contributed by atoms with van der Waals surface area (Å²) in [5.74, 6) is 0. The normalized spacial score (nSPS) is 16.6. The number of nitrogens with zero attached hydrogens (tertiary/aromatic N) is 2. The van der Waals surface area contributed by atoms with Crippen LogP contribution in [0.15, 0.2) is 30.3 Å². The maximum Gasteiger partial charge on any atom is 0.0558 e. The first-order valence-electron chi connectivity index (χ1n) is 5.79. The van der Waals surface area contributed by atoms with Crippen LogP contribution in [0, 0.1) is 0 Å². The molecule has 16 heavy (non-hydrogen) atoms. The molecule has 3 nitrogen and oxygen atoms in total. The number of aromatic nitrogens is 1. The van der Waals surface area contributed by atoms with Gasteiger partial charge in [0.1, 0.15) is 0 Å². The minimum atomic E-state index is 0.250. The van der Waals surface area contributed by atoms with E-state index < -0.39 is 0 Å². The summed E-state index contributed by atoms with van der Waals surface area (Å²) in [5.41, 5.74) is 2.70. The molecule has 2 aromatic rings. The van der Waals surface area contributed by atoms with Crippen molar-refractivity contribution in [3.05, 3.63) is 36.0 Å². The van der Waals surface area contributed by atoms with E-state index in [1.165, 1.54) is 16.6 Å². The Balaban J connectivity index is 1.99. The number of hydrogen-bond acceptors (Lipinski definition) is 2. The molecule has 3 rings (SSSR count). The number of β-amino-alcohol motifs (C(OH)–C–C–N with tert-alkyl or cyclic N) is 1. The topological polar surface area (TPSA) is 28.4 Å². The second-order valence-corrected chi connectivity index (χ2v) is 4.35. The Labute approximate surface area is 94.9 Å². The van der Waals surface area contributed by atoms with Crippen molar-refractivity contribution in [2.24, 2.45) is 0 Å². The Morgan fingerprint density at radius 2 is 2.06 bits per heavy atom. The van der Waals surface area contributed by atoms with Gasteiger partial charge in [0.2, 0.25) is 0 Å². The molecule has 0 aliphatic carbocycles. The lowest BCUT2D eigenvalue weighted by atomic mass is 10.2. The zero-order chi connectivity index (χ0) is 11.0. The van der Waals surface area contributed by atoms with E-state index in [9.17, 15) is 0 Å². The number of benzene rings is 1. The number of rotatable bonds is 2. The van der Waals surface area contributed by atoms with Crippen LogP contribution >= 0.6 is 0 Å². The molecular formula is C13H16N2O. The fourth-order valence-corrected chi connectivity index (χ4v) is 2.54. The van der Waals surface area contributed by atoms with Gasteiger partial charge in [-0.2, -0.15) is 0 Å². The van der Waals surface area contributed by atoms with E-state index in [-0.39, 0.29) is 6.61 Å². The Kier molecular flexibility index (Phi) is 2.42. The number of hydrogen-bond donors (Lipinski definition) is 1. The summed E-state index contributed by atoms with van der Waals surface area (Å²) < 4.78 is 2.39. The van der Waals surface area contributed by atoms with E-state index in [0.29, 0.717) is 0 Å². The Morgan fingerprint density at radius 1 is 1.19 bits per heavy atom. The lowest BCUT2D eigenvalue weighted by molar-refractivity contribution is 0.169. The summed E-state index contributed by atoms with van der Waals surface area (Å²) in [6.07, 6.45) is 0. The average molecular weight is 216 g/mol. The van der Waals surface area contributed by atoms with Crippen molar-refractivity contribution >= 4 is 10.9 Å². The third-order valence-corrected chi connectivity index (χ3v) is 3.34. The molecular weight excluding hydrogens is 200 g/mol. The third-order valence-electron chi connectivity index (χ3n) is 3.34. The van der Waals surface area contributed by atoms with E-state index in [0.717, 1.165) is 26.2 Å². The molecule has 84 valence electrons. The summed E-state index contributed by atoms with van der Waals surface area (Å²) in [5, 5.41) is 10.3. The molecule has 0 amide bonds. The predicted molar refractivity (Wildman–Crippen MR) is 64.3 cm³/mol. The molecule has 1 aromatic carbocycles. The fourth-order valence-electron chi connectivity index (χ4n) is 2.54. The van der Waals surface area contributed by atoms with Gasteiger partial charge in [-0.1, -0.05) is 18.2 Å². The van der Waals surface area contributed by atoms with Gasteiger partial charge < -0.3 is 9.67 Å². The minimum Gasteiger partial charge on any atom is -0.395 e. The van der Waals surface area contributed by atoms with Crippen LogP contribution < -0.4 is 0 Å². The largest absolute Gasteiger partial charge is 0.395 e. The first-order valence-corrected chi connectivity index (χ1v) is 5.79. The first-order chi connectivity index (χ1) is 7.88. The molecule has 2 heterocycles. The summed E-state index contributed by atoms with van der Waals surface area (Å²) in [6, 6.07) is 10.8. The Morgan fingerprint density at radius 3 is 2.94 bits per heavy atom. The van der Waals surface area contributed by atoms with Crippen molar-refractivity contribution in [3.8, 4) is 0 Å². The molecule has 1 aliphatic rings. The summed E-state index contributed by atoms with van der Waals surface area (Å²) in [7, 11) is 0. The Bertz CT molecular complexity index is 504. The van der Waals surface area contributed by atoms with E-state index in [4.69, 9.17) is 5.11 Å². The lowest BCUT2D eigenvalue weighted by Gasteiger charge is -2.28. The van der Waals surface area contributed by atoms with Crippen LogP contribution in [-0.4, -0.2) is 34.3 Å². The van der Waals surface area contributed by atoms with Crippen molar-refractivity contribution in [3.63, 3.8) is 0 Å². The third kappa shape index (κ3) is 1.52. The van der Waals surface area contributed by atoms with Gasteiger partial charge in [0.15, 0.2) is 0 Å².